The van der Waals surface area contributed by atoms with Gasteiger partial charge in [0.2, 0.25) is 0 Å². The first-order valence-corrected chi connectivity index (χ1v) is 5.72. The standard InChI is InChI=1S/C12H13NOS/c1-3-11(8-13)15-12-6-4-10(5-7-12)9(2)14/h4-7,11H,3H2,1-2H3. The number of thioether (sulfide) groups is 1. The van der Waals surface area contributed by atoms with Crippen LogP contribution in [0.1, 0.15) is 30.6 Å². The Labute approximate surface area is 94.3 Å². The van der Waals surface area contributed by atoms with E-state index in [1.165, 1.54) is 11.8 Å². The minimum atomic E-state index is -0.00632. The number of ketones is 1. The highest BCUT2D eigenvalue weighted by molar-refractivity contribution is 8.00. The van der Waals surface area contributed by atoms with Crippen LogP contribution in [0.15, 0.2) is 29.2 Å². The van der Waals surface area contributed by atoms with Gasteiger partial charge in [0.05, 0.1) is 11.3 Å². The summed E-state index contributed by atoms with van der Waals surface area (Å²) in [6, 6.07) is 9.61. The topological polar surface area (TPSA) is 40.9 Å². The number of Topliss-reactive ketones (excluding diaryl/α,β-unsaturated/α-hetero) is 1. The van der Waals surface area contributed by atoms with E-state index in [1.807, 2.05) is 19.1 Å². The van der Waals surface area contributed by atoms with Crippen molar-refractivity contribution in [3.63, 3.8) is 0 Å². The van der Waals surface area contributed by atoms with Gasteiger partial charge in [-0.15, -0.1) is 11.8 Å². The fraction of sp³-hybridized carbons (Fsp3) is 0.333. The van der Waals surface area contributed by atoms with Crippen molar-refractivity contribution in [1.29, 1.82) is 5.26 Å². The number of benzene rings is 1. The van der Waals surface area contributed by atoms with Crippen LogP contribution in [0.3, 0.4) is 0 Å². The summed E-state index contributed by atoms with van der Waals surface area (Å²) in [6.07, 6.45) is 0.829. The molecule has 0 N–H and O–H groups in total. The maximum atomic E-state index is 11.0. The van der Waals surface area contributed by atoms with Crippen molar-refractivity contribution in [3.8, 4) is 6.07 Å². The fourth-order valence-electron chi connectivity index (χ4n) is 1.13. The van der Waals surface area contributed by atoms with Gasteiger partial charge >= 0.3 is 0 Å². The van der Waals surface area contributed by atoms with Gasteiger partial charge in [0.15, 0.2) is 5.78 Å². The summed E-state index contributed by atoms with van der Waals surface area (Å²) in [6.45, 7) is 3.54. The van der Waals surface area contributed by atoms with Crippen molar-refractivity contribution in [3.05, 3.63) is 29.8 Å². The Bertz CT molecular complexity index is 378. The first kappa shape index (κ1) is 11.8. The number of carbonyl (C=O) groups is 1. The average Bonchev–Trinajstić information content (AvgIpc) is 2.26. The molecule has 0 saturated carbocycles. The highest BCUT2D eigenvalue weighted by Gasteiger charge is 2.06. The van der Waals surface area contributed by atoms with Gasteiger partial charge in [-0.3, -0.25) is 4.79 Å². The summed E-state index contributed by atoms with van der Waals surface area (Å²) < 4.78 is 0. The minimum absolute atomic E-state index is 0.00632. The van der Waals surface area contributed by atoms with Crippen molar-refractivity contribution in [2.24, 2.45) is 0 Å². The summed E-state index contributed by atoms with van der Waals surface area (Å²) in [5, 5.41) is 8.80. The van der Waals surface area contributed by atoms with Crippen LogP contribution in [-0.2, 0) is 0 Å². The molecule has 0 aliphatic carbocycles. The Kier molecular flexibility index (Phi) is 4.38. The van der Waals surface area contributed by atoms with E-state index in [-0.39, 0.29) is 11.0 Å². The number of nitriles is 1. The van der Waals surface area contributed by atoms with Crippen LogP contribution in [-0.4, -0.2) is 11.0 Å². The van der Waals surface area contributed by atoms with E-state index in [1.54, 1.807) is 19.1 Å². The van der Waals surface area contributed by atoms with Gasteiger partial charge < -0.3 is 0 Å². The normalized spacial score (nSPS) is 11.8. The van der Waals surface area contributed by atoms with Crippen LogP contribution in [0, 0.1) is 11.3 Å². The van der Waals surface area contributed by atoms with Crippen molar-refractivity contribution in [1.82, 2.24) is 0 Å². The third kappa shape index (κ3) is 3.41. The second-order valence-corrected chi connectivity index (χ2v) is 4.50. The molecule has 1 aromatic carbocycles. The zero-order chi connectivity index (χ0) is 11.3. The Morgan fingerprint density at radius 2 is 2.07 bits per heavy atom. The summed E-state index contributed by atoms with van der Waals surface area (Å²) in [4.78, 5) is 12.1. The van der Waals surface area contributed by atoms with Crippen LogP contribution in [0.5, 0.6) is 0 Å². The van der Waals surface area contributed by atoms with Gasteiger partial charge in [0, 0.05) is 10.5 Å². The van der Waals surface area contributed by atoms with Gasteiger partial charge in [0.25, 0.3) is 0 Å². The maximum Gasteiger partial charge on any atom is 0.159 e. The number of hydrogen-bond donors (Lipinski definition) is 0. The van der Waals surface area contributed by atoms with Crippen molar-refractivity contribution >= 4 is 17.5 Å². The smallest absolute Gasteiger partial charge is 0.159 e. The van der Waals surface area contributed by atoms with E-state index in [4.69, 9.17) is 5.26 Å². The van der Waals surface area contributed by atoms with Gasteiger partial charge in [-0.25, -0.2) is 0 Å². The molecule has 0 radical (unpaired) electrons. The maximum absolute atomic E-state index is 11.0. The molecule has 0 bridgehead atoms. The molecule has 1 aromatic rings. The molecule has 1 unspecified atom stereocenters. The molecule has 78 valence electrons. The van der Waals surface area contributed by atoms with Crippen LogP contribution >= 0.6 is 11.8 Å². The molecule has 1 atom stereocenters. The molecular weight excluding hydrogens is 206 g/mol. The Balaban J connectivity index is 2.73. The van der Waals surface area contributed by atoms with Gasteiger partial charge in [-0.2, -0.15) is 5.26 Å². The van der Waals surface area contributed by atoms with Crippen molar-refractivity contribution in [2.75, 3.05) is 0 Å². The lowest BCUT2D eigenvalue weighted by molar-refractivity contribution is 0.101. The van der Waals surface area contributed by atoms with Crippen LogP contribution in [0.2, 0.25) is 0 Å². The molecule has 0 aliphatic rings. The Hall–Kier alpha value is -1.27. The molecule has 15 heavy (non-hydrogen) atoms. The Morgan fingerprint density at radius 1 is 1.47 bits per heavy atom. The first-order valence-electron chi connectivity index (χ1n) is 4.84. The third-order valence-electron chi connectivity index (χ3n) is 2.05. The molecule has 0 aliphatic heterocycles. The molecule has 2 nitrogen and oxygen atoms in total. The lowest BCUT2D eigenvalue weighted by Gasteiger charge is -2.05. The fourth-order valence-corrected chi connectivity index (χ4v) is 1.97. The van der Waals surface area contributed by atoms with Crippen LogP contribution in [0.4, 0.5) is 0 Å². The lowest BCUT2D eigenvalue weighted by Crippen LogP contribution is -1.96. The monoisotopic (exact) mass is 219 g/mol. The first-order chi connectivity index (χ1) is 7.17. The second kappa shape index (κ2) is 5.57. The molecule has 0 fully saturated rings. The molecule has 0 heterocycles. The lowest BCUT2D eigenvalue weighted by atomic mass is 10.2. The number of nitrogens with zero attached hydrogens (tertiary/aromatic N) is 1. The van der Waals surface area contributed by atoms with Crippen LogP contribution < -0.4 is 0 Å². The highest BCUT2D eigenvalue weighted by Crippen LogP contribution is 2.25. The van der Waals surface area contributed by atoms with Gasteiger partial charge in [-0.05, 0) is 25.5 Å². The molecule has 0 saturated heterocycles. The Morgan fingerprint density at radius 3 is 2.47 bits per heavy atom. The molecule has 3 heteroatoms. The van der Waals surface area contributed by atoms with E-state index in [9.17, 15) is 4.79 Å². The molecule has 0 amide bonds. The van der Waals surface area contributed by atoms with E-state index >= 15 is 0 Å². The average molecular weight is 219 g/mol. The SMILES string of the molecule is CCC(C#N)Sc1ccc(C(C)=O)cc1. The van der Waals surface area contributed by atoms with E-state index in [0.717, 1.165) is 11.3 Å². The molecule has 0 aromatic heterocycles. The van der Waals surface area contributed by atoms with Gasteiger partial charge in [0.1, 0.15) is 0 Å². The van der Waals surface area contributed by atoms with Crippen molar-refractivity contribution in [2.45, 2.75) is 30.4 Å². The molecular formula is C12H13NOS. The van der Waals surface area contributed by atoms with E-state index in [2.05, 4.69) is 6.07 Å². The highest BCUT2D eigenvalue weighted by atomic mass is 32.2. The van der Waals surface area contributed by atoms with Crippen LogP contribution in [0.25, 0.3) is 0 Å². The summed E-state index contributed by atoms with van der Waals surface area (Å²) in [5.41, 5.74) is 0.712. The summed E-state index contributed by atoms with van der Waals surface area (Å²) in [7, 11) is 0. The summed E-state index contributed by atoms with van der Waals surface area (Å²) >= 11 is 1.54. The zero-order valence-corrected chi connectivity index (χ0v) is 9.67. The molecule has 1 rings (SSSR count). The van der Waals surface area contributed by atoms with E-state index < -0.39 is 0 Å². The van der Waals surface area contributed by atoms with Gasteiger partial charge in [-0.1, -0.05) is 19.1 Å². The van der Waals surface area contributed by atoms with Crippen molar-refractivity contribution < 1.29 is 4.79 Å². The number of hydrogen-bond acceptors (Lipinski definition) is 3. The predicted molar refractivity (Wildman–Crippen MR) is 62.0 cm³/mol. The predicted octanol–water partition coefficient (Wildman–Crippen LogP) is 3.28. The van der Waals surface area contributed by atoms with E-state index in [0.29, 0.717) is 5.56 Å². The summed E-state index contributed by atoms with van der Waals surface area (Å²) in [5.74, 6) is 0.0684. The third-order valence-corrected chi connectivity index (χ3v) is 3.32. The second-order valence-electron chi connectivity index (χ2n) is 3.22. The molecule has 0 spiro atoms. The largest absolute Gasteiger partial charge is 0.295 e. The number of rotatable bonds is 4. The quantitative estimate of drug-likeness (QED) is 0.576. The minimum Gasteiger partial charge on any atom is -0.295 e. The number of carbonyl (C=O) groups excluding carboxylic acids is 1. The zero-order valence-electron chi connectivity index (χ0n) is 8.86.